The number of anilines is 1. The highest BCUT2D eigenvalue weighted by atomic mass is 35.5. The molecule has 0 aromatic heterocycles. The Morgan fingerprint density at radius 3 is 2.27 bits per heavy atom. The fourth-order valence-corrected chi connectivity index (χ4v) is 4.13. The number of alkyl carbamates (subject to hydrolysis) is 1. The van der Waals surface area contributed by atoms with Gasteiger partial charge in [0.15, 0.2) is 0 Å². The lowest BCUT2D eigenvalue weighted by Gasteiger charge is -2.35. The molecule has 2 aromatic rings. The first-order valence-corrected chi connectivity index (χ1v) is 12.8. The molecule has 0 bridgehead atoms. The molecular formula is C28H38ClN3O5. The van der Waals surface area contributed by atoms with Crippen molar-refractivity contribution in [1.29, 1.82) is 0 Å². The van der Waals surface area contributed by atoms with Crippen LogP contribution in [0.3, 0.4) is 0 Å². The van der Waals surface area contributed by atoms with E-state index in [2.05, 4.69) is 10.6 Å². The van der Waals surface area contributed by atoms with E-state index < -0.39 is 35.6 Å². The van der Waals surface area contributed by atoms with Crippen molar-refractivity contribution >= 4 is 35.2 Å². The Morgan fingerprint density at radius 1 is 1.08 bits per heavy atom. The summed E-state index contributed by atoms with van der Waals surface area (Å²) in [5.41, 5.74) is 0.997. The van der Waals surface area contributed by atoms with Crippen molar-refractivity contribution < 1.29 is 24.2 Å². The maximum atomic E-state index is 14.0. The van der Waals surface area contributed by atoms with Crippen molar-refractivity contribution in [2.24, 2.45) is 5.92 Å². The number of nitrogens with one attached hydrogen (secondary N) is 2. The Morgan fingerprint density at radius 2 is 1.73 bits per heavy atom. The van der Waals surface area contributed by atoms with E-state index in [9.17, 15) is 19.5 Å². The van der Waals surface area contributed by atoms with Gasteiger partial charge in [0.2, 0.25) is 5.91 Å². The standard InChI is InChI=1S/C28H38ClN3O5/c1-7-18(2)23(31-27(36)37-28(4,5)6)26(35)32(16-17-33)24(20-13-9-8-10-14-20)25(34)30-22-19(3)12-11-15-21(22)29/h8-15,18,23-24,33H,7,16-17H2,1-6H3,(H,30,34)(H,31,36). The van der Waals surface area contributed by atoms with Gasteiger partial charge in [-0.3, -0.25) is 9.59 Å². The van der Waals surface area contributed by atoms with Gasteiger partial charge in [0.05, 0.1) is 17.3 Å². The highest BCUT2D eigenvalue weighted by Crippen LogP contribution is 2.29. The molecule has 3 unspecified atom stereocenters. The normalized spacial score (nSPS) is 13.7. The molecule has 0 heterocycles. The van der Waals surface area contributed by atoms with Gasteiger partial charge in [0.25, 0.3) is 5.91 Å². The van der Waals surface area contributed by atoms with Crippen molar-refractivity contribution in [1.82, 2.24) is 10.2 Å². The molecule has 0 saturated heterocycles. The summed E-state index contributed by atoms with van der Waals surface area (Å²) in [7, 11) is 0. The predicted octanol–water partition coefficient (Wildman–Crippen LogP) is 5.09. The van der Waals surface area contributed by atoms with Crippen molar-refractivity contribution in [3.05, 3.63) is 64.7 Å². The van der Waals surface area contributed by atoms with Crippen LogP contribution >= 0.6 is 11.6 Å². The van der Waals surface area contributed by atoms with Gasteiger partial charge in [-0.15, -0.1) is 0 Å². The number of rotatable bonds is 10. The summed E-state index contributed by atoms with van der Waals surface area (Å²) in [6.45, 7) is 10.2. The Kier molecular flexibility index (Phi) is 10.9. The highest BCUT2D eigenvalue weighted by molar-refractivity contribution is 6.34. The first kappa shape index (κ1) is 30.1. The second-order valence-corrected chi connectivity index (χ2v) is 10.4. The number of carbonyl (C=O) groups excluding carboxylic acids is 3. The minimum absolute atomic E-state index is 0.129. The second-order valence-electron chi connectivity index (χ2n) is 10.00. The summed E-state index contributed by atoms with van der Waals surface area (Å²) in [5.74, 6) is -1.27. The molecule has 202 valence electrons. The molecule has 0 radical (unpaired) electrons. The third kappa shape index (κ3) is 8.47. The van der Waals surface area contributed by atoms with Gasteiger partial charge in [-0.25, -0.2) is 4.79 Å². The minimum atomic E-state index is -1.09. The van der Waals surface area contributed by atoms with E-state index in [0.717, 1.165) is 5.56 Å². The van der Waals surface area contributed by atoms with Gasteiger partial charge in [0, 0.05) is 6.54 Å². The third-order valence-electron chi connectivity index (χ3n) is 5.92. The van der Waals surface area contributed by atoms with Crippen LogP contribution in [0.1, 0.15) is 58.2 Å². The fraction of sp³-hybridized carbons (Fsp3) is 0.464. The maximum absolute atomic E-state index is 14.0. The van der Waals surface area contributed by atoms with E-state index in [4.69, 9.17) is 16.3 Å². The minimum Gasteiger partial charge on any atom is -0.444 e. The van der Waals surface area contributed by atoms with Crippen molar-refractivity contribution in [3.8, 4) is 0 Å². The largest absolute Gasteiger partial charge is 0.444 e. The van der Waals surface area contributed by atoms with E-state index in [1.807, 2.05) is 26.8 Å². The Bertz CT molecular complexity index is 1050. The summed E-state index contributed by atoms with van der Waals surface area (Å²) < 4.78 is 5.39. The van der Waals surface area contributed by atoms with Crippen LogP contribution in [0.4, 0.5) is 10.5 Å². The summed E-state index contributed by atoms with van der Waals surface area (Å²) >= 11 is 6.35. The number of halogens is 1. The summed E-state index contributed by atoms with van der Waals surface area (Å²) in [6, 6.07) is 12.0. The van der Waals surface area contributed by atoms with Crippen molar-refractivity contribution in [3.63, 3.8) is 0 Å². The number of ether oxygens (including phenoxy) is 1. The van der Waals surface area contributed by atoms with E-state index in [1.54, 1.807) is 63.2 Å². The zero-order valence-corrected chi connectivity index (χ0v) is 23.1. The molecule has 0 aliphatic carbocycles. The molecule has 0 spiro atoms. The van der Waals surface area contributed by atoms with Crippen LogP contribution in [0.5, 0.6) is 0 Å². The number of carbonyl (C=O) groups is 3. The van der Waals surface area contributed by atoms with Gasteiger partial charge in [-0.1, -0.05) is 74.3 Å². The molecule has 0 saturated carbocycles. The molecule has 0 fully saturated rings. The Balaban J connectivity index is 2.51. The number of aliphatic hydroxyl groups is 1. The molecule has 0 aliphatic heterocycles. The number of nitrogens with zero attached hydrogens (tertiary/aromatic N) is 1. The number of amides is 3. The first-order valence-electron chi connectivity index (χ1n) is 12.4. The van der Waals surface area contributed by atoms with Crippen LogP contribution in [0.25, 0.3) is 0 Å². The molecule has 37 heavy (non-hydrogen) atoms. The Labute approximate surface area is 224 Å². The molecule has 3 atom stereocenters. The van der Waals surface area contributed by atoms with Gasteiger partial charge in [0.1, 0.15) is 17.7 Å². The molecule has 0 aliphatic rings. The summed E-state index contributed by atoms with van der Waals surface area (Å²) in [4.78, 5) is 41.6. The highest BCUT2D eigenvalue weighted by Gasteiger charge is 2.38. The van der Waals surface area contributed by atoms with E-state index in [-0.39, 0.29) is 19.1 Å². The van der Waals surface area contributed by atoms with Gasteiger partial charge in [-0.05, 0) is 50.8 Å². The van der Waals surface area contributed by atoms with Crippen LogP contribution in [0, 0.1) is 12.8 Å². The van der Waals surface area contributed by atoms with E-state index in [0.29, 0.717) is 22.7 Å². The number of aliphatic hydroxyl groups excluding tert-OH is 1. The SMILES string of the molecule is CCC(C)C(NC(=O)OC(C)(C)C)C(=O)N(CCO)C(C(=O)Nc1c(C)cccc1Cl)c1ccccc1. The van der Waals surface area contributed by atoms with Gasteiger partial charge >= 0.3 is 6.09 Å². The lowest BCUT2D eigenvalue weighted by Crippen LogP contribution is -2.55. The average Bonchev–Trinajstić information content (AvgIpc) is 2.83. The fourth-order valence-electron chi connectivity index (χ4n) is 3.86. The summed E-state index contributed by atoms with van der Waals surface area (Å²) in [5, 5.41) is 15.8. The van der Waals surface area contributed by atoms with Gasteiger partial charge < -0.3 is 25.4 Å². The number of aryl methyl sites for hydroxylation is 1. The topological polar surface area (TPSA) is 108 Å². The average molecular weight is 532 g/mol. The van der Waals surface area contributed by atoms with Crippen LogP contribution in [-0.4, -0.2) is 52.7 Å². The van der Waals surface area contributed by atoms with Crippen molar-refractivity contribution in [2.75, 3.05) is 18.5 Å². The Hall–Kier alpha value is -3.10. The molecule has 8 nitrogen and oxygen atoms in total. The van der Waals surface area contributed by atoms with Crippen LogP contribution < -0.4 is 10.6 Å². The number of benzene rings is 2. The molecular weight excluding hydrogens is 494 g/mol. The van der Waals surface area contributed by atoms with Crippen LogP contribution in [0.2, 0.25) is 5.02 Å². The lowest BCUT2D eigenvalue weighted by molar-refractivity contribution is -0.142. The predicted molar refractivity (Wildman–Crippen MR) is 145 cm³/mol. The van der Waals surface area contributed by atoms with Crippen LogP contribution in [-0.2, 0) is 14.3 Å². The molecule has 9 heteroatoms. The molecule has 2 aromatic carbocycles. The molecule has 3 amide bonds. The van der Waals surface area contributed by atoms with Crippen molar-refractivity contribution in [2.45, 2.75) is 65.6 Å². The quantitative estimate of drug-likeness (QED) is 0.396. The lowest BCUT2D eigenvalue weighted by atomic mass is 9.95. The molecule has 2 rings (SSSR count). The summed E-state index contributed by atoms with van der Waals surface area (Å²) in [6.07, 6.45) is -0.150. The van der Waals surface area contributed by atoms with Gasteiger partial charge in [-0.2, -0.15) is 0 Å². The van der Waals surface area contributed by atoms with Crippen LogP contribution in [0.15, 0.2) is 48.5 Å². The zero-order valence-electron chi connectivity index (χ0n) is 22.4. The second kappa shape index (κ2) is 13.4. The number of para-hydroxylation sites is 1. The molecule has 3 N–H and O–H groups in total. The third-order valence-corrected chi connectivity index (χ3v) is 6.24. The number of hydrogen-bond donors (Lipinski definition) is 3. The first-order chi connectivity index (χ1) is 17.4. The van der Waals surface area contributed by atoms with E-state index in [1.165, 1.54) is 4.90 Å². The smallest absolute Gasteiger partial charge is 0.408 e. The van der Waals surface area contributed by atoms with E-state index >= 15 is 0 Å². The zero-order chi connectivity index (χ0) is 27.8. The monoisotopic (exact) mass is 531 g/mol. The number of hydrogen-bond acceptors (Lipinski definition) is 5. The maximum Gasteiger partial charge on any atom is 0.408 e.